The van der Waals surface area contributed by atoms with Gasteiger partial charge in [-0.05, 0) is 75.2 Å². The average molecular weight is 505 g/mol. The summed E-state index contributed by atoms with van der Waals surface area (Å²) in [4.78, 5) is 0. The van der Waals surface area contributed by atoms with Crippen LogP contribution < -0.4 is 0 Å². The minimum atomic E-state index is 0.253. The molecule has 2 nitrogen and oxygen atoms in total. The predicted octanol–water partition coefficient (Wildman–Crippen LogP) is 9.36. The minimum Gasteiger partial charge on any atom is -0.507 e. The highest BCUT2D eigenvalue weighted by Crippen LogP contribution is 2.41. The first-order valence-electron chi connectivity index (χ1n) is 13.1. The third-order valence-corrected chi connectivity index (χ3v) is 7.16. The van der Waals surface area contributed by atoms with Gasteiger partial charge in [-0.3, -0.25) is 0 Å². The highest BCUT2D eigenvalue weighted by atomic mass is 16.3. The zero-order chi connectivity index (χ0) is 26.6. The van der Waals surface area contributed by atoms with E-state index in [4.69, 9.17) is 0 Å². The molecule has 6 rings (SSSR count). The molecule has 0 spiro atoms. The van der Waals surface area contributed by atoms with E-state index in [1.165, 1.54) is 0 Å². The van der Waals surface area contributed by atoms with Gasteiger partial charge >= 0.3 is 0 Å². The van der Waals surface area contributed by atoms with Crippen molar-refractivity contribution in [2.75, 3.05) is 0 Å². The minimum absolute atomic E-state index is 0.253. The highest BCUT2D eigenvalue weighted by molar-refractivity contribution is 5.82. The van der Waals surface area contributed by atoms with E-state index in [-0.39, 0.29) is 11.5 Å². The molecular formula is C37H28O2. The summed E-state index contributed by atoms with van der Waals surface area (Å²) in [6.45, 7) is 0. The Labute approximate surface area is 229 Å². The van der Waals surface area contributed by atoms with E-state index in [1.807, 2.05) is 109 Å². The Kier molecular flexibility index (Phi) is 6.67. The Hall–Kier alpha value is -5.08. The van der Waals surface area contributed by atoms with Gasteiger partial charge in [0.1, 0.15) is 11.5 Å². The van der Waals surface area contributed by atoms with E-state index in [2.05, 4.69) is 36.4 Å². The van der Waals surface area contributed by atoms with Gasteiger partial charge in [0.2, 0.25) is 0 Å². The molecular weight excluding hydrogens is 476 g/mol. The SMILES string of the molecule is Oc1cc(-c2ccccc2)c(Cc2cc(-c3ccccc3)c(O)cc2-c2ccccc2)cc1-c1ccccc1. The summed E-state index contributed by atoms with van der Waals surface area (Å²) >= 11 is 0. The third-order valence-electron chi connectivity index (χ3n) is 7.16. The fourth-order valence-corrected chi connectivity index (χ4v) is 5.23. The summed E-state index contributed by atoms with van der Waals surface area (Å²) in [7, 11) is 0. The summed E-state index contributed by atoms with van der Waals surface area (Å²) < 4.78 is 0. The molecule has 188 valence electrons. The first kappa shape index (κ1) is 24.3. The number of rotatable bonds is 6. The van der Waals surface area contributed by atoms with E-state index >= 15 is 0 Å². The number of phenolic OH excluding ortho intramolecular Hbond substituents is 2. The lowest BCUT2D eigenvalue weighted by molar-refractivity contribution is 0.477. The summed E-state index contributed by atoms with van der Waals surface area (Å²) in [5, 5.41) is 22.3. The molecule has 0 aliphatic rings. The Morgan fingerprint density at radius 1 is 0.333 bits per heavy atom. The van der Waals surface area contributed by atoms with Crippen LogP contribution in [-0.2, 0) is 6.42 Å². The van der Waals surface area contributed by atoms with E-state index in [0.29, 0.717) is 6.42 Å². The number of hydrogen-bond acceptors (Lipinski definition) is 2. The van der Waals surface area contributed by atoms with E-state index in [0.717, 1.165) is 55.6 Å². The molecule has 0 amide bonds. The van der Waals surface area contributed by atoms with Gasteiger partial charge in [0.05, 0.1) is 0 Å². The Morgan fingerprint density at radius 2 is 0.615 bits per heavy atom. The van der Waals surface area contributed by atoms with Crippen LogP contribution in [0, 0.1) is 0 Å². The van der Waals surface area contributed by atoms with Crippen LogP contribution >= 0.6 is 0 Å². The first-order chi connectivity index (χ1) is 19.2. The molecule has 0 atom stereocenters. The van der Waals surface area contributed by atoms with Crippen molar-refractivity contribution >= 4 is 0 Å². The number of aromatic hydroxyl groups is 2. The number of benzene rings is 6. The van der Waals surface area contributed by atoms with E-state index in [9.17, 15) is 10.2 Å². The van der Waals surface area contributed by atoms with Crippen molar-refractivity contribution in [1.82, 2.24) is 0 Å². The second-order valence-corrected chi connectivity index (χ2v) is 9.69. The Bertz CT molecular complexity index is 1580. The van der Waals surface area contributed by atoms with Crippen LogP contribution in [0.4, 0.5) is 0 Å². The highest BCUT2D eigenvalue weighted by Gasteiger charge is 2.17. The summed E-state index contributed by atoms with van der Waals surface area (Å²) in [5.74, 6) is 0.505. The van der Waals surface area contributed by atoms with Gasteiger partial charge in [0, 0.05) is 11.1 Å². The van der Waals surface area contributed by atoms with Gasteiger partial charge in [0.25, 0.3) is 0 Å². The molecule has 0 aromatic heterocycles. The fourth-order valence-electron chi connectivity index (χ4n) is 5.23. The average Bonchev–Trinajstić information content (AvgIpc) is 3.00. The van der Waals surface area contributed by atoms with Crippen LogP contribution in [0.2, 0.25) is 0 Å². The van der Waals surface area contributed by atoms with Crippen molar-refractivity contribution in [3.05, 3.63) is 157 Å². The van der Waals surface area contributed by atoms with E-state index in [1.54, 1.807) is 0 Å². The normalized spacial score (nSPS) is 10.9. The van der Waals surface area contributed by atoms with Crippen LogP contribution in [0.25, 0.3) is 44.5 Å². The lowest BCUT2D eigenvalue weighted by atomic mass is 9.87. The monoisotopic (exact) mass is 504 g/mol. The summed E-state index contributed by atoms with van der Waals surface area (Å²) in [5.41, 5.74) is 9.80. The smallest absolute Gasteiger partial charge is 0.124 e. The first-order valence-corrected chi connectivity index (χ1v) is 13.1. The van der Waals surface area contributed by atoms with E-state index < -0.39 is 0 Å². The second kappa shape index (κ2) is 10.7. The molecule has 0 bridgehead atoms. The summed E-state index contributed by atoms with van der Waals surface area (Å²) in [6, 6.07) is 48.3. The molecule has 0 radical (unpaired) electrons. The number of hydrogen-bond donors (Lipinski definition) is 2. The molecule has 2 heteroatoms. The maximum Gasteiger partial charge on any atom is 0.124 e. The third kappa shape index (κ3) is 5.05. The molecule has 39 heavy (non-hydrogen) atoms. The second-order valence-electron chi connectivity index (χ2n) is 9.69. The molecule has 0 saturated carbocycles. The molecule has 0 heterocycles. The van der Waals surface area contributed by atoms with Crippen LogP contribution in [0.1, 0.15) is 11.1 Å². The van der Waals surface area contributed by atoms with Crippen molar-refractivity contribution < 1.29 is 10.2 Å². The van der Waals surface area contributed by atoms with Crippen LogP contribution in [0.3, 0.4) is 0 Å². The predicted molar refractivity (Wildman–Crippen MR) is 161 cm³/mol. The van der Waals surface area contributed by atoms with Crippen LogP contribution in [0.15, 0.2) is 146 Å². The van der Waals surface area contributed by atoms with Gasteiger partial charge in [-0.2, -0.15) is 0 Å². The lowest BCUT2D eigenvalue weighted by Gasteiger charge is -2.18. The molecule has 2 N–H and O–H groups in total. The van der Waals surface area contributed by atoms with Gasteiger partial charge < -0.3 is 10.2 Å². The van der Waals surface area contributed by atoms with Crippen LogP contribution in [-0.4, -0.2) is 10.2 Å². The van der Waals surface area contributed by atoms with Crippen LogP contribution in [0.5, 0.6) is 11.5 Å². The Balaban J connectivity index is 1.57. The number of phenols is 2. The maximum atomic E-state index is 11.1. The molecule has 0 unspecified atom stereocenters. The van der Waals surface area contributed by atoms with Gasteiger partial charge in [-0.1, -0.05) is 121 Å². The summed E-state index contributed by atoms with van der Waals surface area (Å²) in [6.07, 6.45) is 0.620. The van der Waals surface area contributed by atoms with Crippen molar-refractivity contribution in [3.8, 4) is 56.0 Å². The van der Waals surface area contributed by atoms with Crippen molar-refractivity contribution in [1.29, 1.82) is 0 Å². The molecule has 0 aliphatic heterocycles. The van der Waals surface area contributed by atoms with Crippen molar-refractivity contribution in [2.45, 2.75) is 6.42 Å². The molecule has 6 aromatic rings. The standard InChI is InChI=1S/C37H28O2/c38-36-24-32(26-13-5-1-6-14-26)30(22-34(36)28-17-9-3-10-18-28)21-31-23-35(29-19-11-4-12-20-29)37(39)25-33(31)27-15-7-2-8-16-27/h1-20,22-25,38-39H,21H2. The van der Waals surface area contributed by atoms with Crippen molar-refractivity contribution in [3.63, 3.8) is 0 Å². The molecule has 0 saturated heterocycles. The maximum absolute atomic E-state index is 11.1. The zero-order valence-electron chi connectivity index (χ0n) is 21.5. The Morgan fingerprint density at radius 3 is 0.923 bits per heavy atom. The topological polar surface area (TPSA) is 40.5 Å². The van der Waals surface area contributed by atoms with Gasteiger partial charge in [-0.15, -0.1) is 0 Å². The van der Waals surface area contributed by atoms with Crippen molar-refractivity contribution in [2.24, 2.45) is 0 Å². The molecule has 0 fully saturated rings. The van der Waals surface area contributed by atoms with Gasteiger partial charge in [0.15, 0.2) is 0 Å². The van der Waals surface area contributed by atoms with Gasteiger partial charge in [-0.25, -0.2) is 0 Å². The molecule has 6 aromatic carbocycles. The quantitative estimate of drug-likeness (QED) is 0.237. The molecule has 0 aliphatic carbocycles. The fraction of sp³-hybridized carbons (Fsp3) is 0.0270. The lowest BCUT2D eigenvalue weighted by Crippen LogP contribution is -1.98. The zero-order valence-corrected chi connectivity index (χ0v) is 21.5. The largest absolute Gasteiger partial charge is 0.507 e.